The first-order valence-corrected chi connectivity index (χ1v) is 6.61. The molecule has 4 heteroatoms. The fraction of sp³-hybridized carbons (Fsp3) is 0.188. The summed E-state index contributed by atoms with van der Waals surface area (Å²) in [5.74, 6) is 0. The Morgan fingerprint density at radius 3 is 3.05 bits per heavy atom. The van der Waals surface area contributed by atoms with Gasteiger partial charge in [-0.15, -0.1) is 0 Å². The van der Waals surface area contributed by atoms with E-state index in [-0.39, 0.29) is 0 Å². The van der Waals surface area contributed by atoms with Crippen LogP contribution in [0.4, 0.5) is 0 Å². The normalized spacial score (nSPS) is 10.2. The van der Waals surface area contributed by atoms with E-state index in [1.165, 1.54) is 0 Å². The van der Waals surface area contributed by atoms with E-state index in [0.717, 1.165) is 35.3 Å². The first kappa shape index (κ1) is 12.4. The van der Waals surface area contributed by atoms with Crippen molar-refractivity contribution in [1.29, 1.82) is 0 Å². The molecule has 0 radical (unpaired) electrons. The zero-order valence-corrected chi connectivity index (χ0v) is 11.2. The summed E-state index contributed by atoms with van der Waals surface area (Å²) in [6, 6.07) is 11.9. The molecule has 0 fully saturated rings. The van der Waals surface area contributed by atoms with Gasteiger partial charge in [-0.3, -0.25) is 0 Å². The van der Waals surface area contributed by atoms with E-state index in [9.17, 15) is 0 Å². The Balaban J connectivity index is 1.98. The molecule has 1 aromatic carbocycles. The number of hydrogen-bond acceptors (Lipinski definition) is 3. The largest absolute Gasteiger partial charge is 0.245 e. The van der Waals surface area contributed by atoms with Crippen LogP contribution in [0.1, 0.15) is 18.9 Å². The summed E-state index contributed by atoms with van der Waals surface area (Å²) in [6.45, 7) is 2.15. The lowest BCUT2D eigenvalue weighted by Crippen LogP contribution is -1.99. The van der Waals surface area contributed by atoms with Gasteiger partial charge in [0.05, 0.1) is 17.6 Å². The molecule has 2 aromatic heterocycles. The molecule has 0 unspecified atom stereocenters. The third-order valence-corrected chi connectivity index (χ3v) is 3.06. The third kappa shape index (κ3) is 2.39. The molecular weight excluding hydrogens is 248 g/mol. The molecule has 0 saturated heterocycles. The van der Waals surface area contributed by atoms with Crippen molar-refractivity contribution in [3.63, 3.8) is 0 Å². The van der Waals surface area contributed by atoms with Crippen LogP contribution in [0.2, 0.25) is 0 Å². The average molecular weight is 262 g/mol. The summed E-state index contributed by atoms with van der Waals surface area (Å²) >= 11 is 0. The standard InChI is InChI=1S/C16H14N4/c1-2-5-13-6-3-4-7-16(13)20-11-14(10-19-20)15-8-9-17-12-18-15/h4,7-12H,2,5H2,1H3. The van der Waals surface area contributed by atoms with Gasteiger partial charge in [-0.1, -0.05) is 25.5 Å². The van der Waals surface area contributed by atoms with E-state index in [2.05, 4.69) is 34.1 Å². The summed E-state index contributed by atoms with van der Waals surface area (Å²) in [4.78, 5) is 8.16. The van der Waals surface area contributed by atoms with Crippen molar-refractivity contribution in [3.8, 4) is 16.9 Å². The van der Waals surface area contributed by atoms with E-state index in [4.69, 9.17) is 0 Å². The average Bonchev–Trinajstić information content (AvgIpc) is 2.99. The summed E-state index contributed by atoms with van der Waals surface area (Å²) in [6.07, 6.45) is 9.10. The maximum Gasteiger partial charge on any atom is 0.116 e. The molecule has 3 aromatic rings. The number of aromatic nitrogens is 4. The molecule has 0 atom stereocenters. The molecule has 0 bridgehead atoms. The molecule has 3 rings (SSSR count). The Kier molecular flexibility index (Phi) is 3.42. The van der Waals surface area contributed by atoms with E-state index in [1.54, 1.807) is 12.5 Å². The maximum atomic E-state index is 4.43. The molecular formula is C16H14N4. The third-order valence-electron chi connectivity index (χ3n) is 3.06. The molecule has 4 nitrogen and oxygen atoms in total. The summed E-state index contributed by atoms with van der Waals surface area (Å²) < 4.78 is 1.87. The Hall–Kier alpha value is -2.67. The van der Waals surface area contributed by atoms with Crippen LogP contribution < -0.4 is 0 Å². The zero-order valence-electron chi connectivity index (χ0n) is 11.2. The predicted octanol–water partition coefficient (Wildman–Crippen LogP) is 2.88. The van der Waals surface area contributed by atoms with Crippen molar-refractivity contribution < 1.29 is 0 Å². The van der Waals surface area contributed by atoms with Crippen molar-refractivity contribution in [2.75, 3.05) is 0 Å². The molecule has 0 amide bonds. The van der Waals surface area contributed by atoms with Crippen LogP contribution in [-0.4, -0.2) is 19.7 Å². The summed E-state index contributed by atoms with van der Waals surface area (Å²) in [7, 11) is 0. The van der Waals surface area contributed by atoms with Crippen molar-refractivity contribution in [2.45, 2.75) is 19.8 Å². The van der Waals surface area contributed by atoms with Crippen molar-refractivity contribution in [3.05, 3.63) is 60.8 Å². The van der Waals surface area contributed by atoms with Gasteiger partial charge in [0, 0.05) is 23.5 Å². The lowest BCUT2D eigenvalue weighted by molar-refractivity contribution is 0.840. The van der Waals surface area contributed by atoms with Gasteiger partial charge in [-0.25, -0.2) is 14.6 Å². The lowest BCUT2D eigenvalue weighted by atomic mass is 10.1. The molecule has 0 aliphatic carbocycles. The highest BCUT2D eigenvalue weighted by molar-refractivity contribution is 5.57. The minimum absolute atomic E-state index is 0.870. The van der Waals surface area contributed by atoms with Crippen molar-refractivity contribution in [1.82, 2.24) is 19.7 Å². The van der Waals surface area contributed by atoms with E-state index >= 15 is 0 Å². The highest BCUT2D eigenvalue weighted by atomic mass is 15.3. The molecule has 0 aliphatic heterocycles. The monoisotopic (exact) mass is 262 g/mol. The Morgan fingerprint density at radius 2 is 2.25 bits per heavy atom. The van der Waals surface area contributed by atoms with Crippen molar-refractivity contribution >= 4 is 0 Å². The van der Waals surface area contributed by atoms with Gasteiger partial charge >= 0.3 is 0 Å². The second-order valence-electron chi connectivity index (χ2n) is 4.48. The minimum Gasteiger partial charge on any atom is -0.245 e. The molecule has 98 valence electrons. The Bertz CT molecular complexity index is 688. The topological polar surface area (TPSA) is 43.6 Å². The lowest BCUT2D eigenvalue weighted by Gasteiger charge is -2.05. The number of hydrogen-bond donors (Lipinski definition) is 0. The fourth-order valence-electron chi connectivity index (χ4n) is 2.12. The second kappa shape index (κ2) is 5.54. The van der Waals surface area contributed by atoms with Gasteiger partial charge in [0.25, 0.3) is 0 Å². The van der Waals surface area contributed by atoms with Gasteiger partial charge < -0.3 is 0 Å². The van der Waals surface area contributed by atoms with E-state index in [1.807, 2.05) is 35.3 Å². The summed E-state index contributed by atoms with van der Waals surface area (Å²) in [5.41, 5.74) is 4.02. The maximum absolute atomic E-state index is 4.43. The molecule has 0 aliphatic rings. The Labute approximate surface area is 118 Å². The quantitative estimate of drug-likeness (QED) is 0.726. The smallest absolute Gasteiger partial charge is 0.116 e. The van der Waals surface area contributed by atoms with Gasteiger partial charge in [0.15, 0.2) is 0 Å². The summed E-state index contributed by atoms with van der Waals surface area (Å²) in [5, 5.41) is 4.43. The van der Waals surface area contributed by atoms with Crippen LogP contribution in [0, 0.1) is 12.1 Å². The Morgan fingerprint density at radius 1 is 1.30 bits per heavy atom. The zero-order chi connectivity index (χ0) is 13.8. The van der Waals surface area contributed by atoms with Crippen LogP contribution >= 0.6 is 0 Å². The highest BCUT2D eigenvalue weighted by Crippen LogP contribution is 2.19. The van der Waals surface area contributed by atoms with Gasteiger partial charge in [-0.2, -0.15) is 5.10 Å². The number of nitrogens with zero attached hydrogens (tertiary/aromatic N) is 4. The fourth-order valence-corrected chi connectivity index (χ4v) is 2.12. The van der Waals surface area contributed by atoms with Crippen molar-refractivity contribution in [2.24, 2.45) is 0 Å². The first-order valence-electron chi connectivity index (χ1n) is 6.61. The molecule has 20 heavy (non-hydrogen) atoms. The van der Waals surface area contributed by atoms with E-state index in [0.29, 0.717) is 0 Å². The van der Waals surface area contributed by atoms with Crippen LogP contribution in [0.5, 0.6) is 0 Å². The second-order valence-corrected chi connectivity index (χ2v) is 4.48. The molecule has 0 N–H and O–H groups in total. The van der Waals surface area contributed by atoms with Crippen LogP contribution in [0.25, 0.3) is 16.9 Å². The number of rotatable bonds is 4. The van der Waals surface area contributed by atoms with Gasteiger partial charge in [-0.05, 0) is 24.6 Å². The van der Waals surface area contributed by atoms with Crippen LogP contribution in [-0.2, 0) is 6.42 Å². The van der Waals surface area contributed by atoms with Crippen LogP contribution in [0.3, 0.4) is 0 Å². The minimum atomic E-state index is 0.870. The first-order chi connectivity index (χ1) is 9.88. The molecule has 0 saturated carbocycles. The van der Waals surface area contributed by atoms with Gasteiger partial charge in [0.2, 0.25) is 0 Å². The molecule has 2 heterocycles. The molecule has 0 spiro atoms. The van der Waals surface area contributed by atoms with E-state index < -0.39 is 0 Å². The van der Waals surface area contributed by atoms with Gasteiger partial charge in [0.1, 0.15) is 6.33 Å². The predicted molar refractivity (Wildman–Crippen MR) is 76.3 cm³/mol. The van der Waals surface area contributed by atoms with Crippen LogP contribution in [0.15, 0.2) is 43.1 Å². The SMILES string of the molecule is CCCc1c#cccc1-n1cc(-c2ccncn2)cn1. The highest BCUT2D eigenvalue weighted by Gasteiger charge is 2.07.